The van der Waals surface area contributed by atoms with Crippen LogP contribution in [0, 0.1) is 0 Å². The van der Waals surface area contributed by atoms with Gasteiger partial charge < -0.3 is 14.6 Å². The number of carbonyl (C=O) groups excluding carboxylic acids is 1. The van der Waals surface area contributed by atoms with Gasteiger partial charge in [-0.25, -0.2) is 4.98 Å². The van der Waals surface area contributed by atoms with Crippen LogP contribution in [0.25, 0.3) is 10.8 Å². The van der Waals surface area contributed by atoms with E-state index in [2.05, 4.69) is 10.3 Å². The van der Waals surface area contributed by atoms with E-state index in [0.29, 0.717) is 5.75 Å². The zero-order valence-corrected chi connectivity index (χ0v) is 15.6. The predicted molar refractivity (Wildman–Crippen MR) is 109 cm³/mol. The average molecular weight is 371 g/mol. The Morgan fingerprint density at radius 1 is 1.04 bits per heavy atom. The van der Waals surface area contributed by atoms with Crippen molar-refractivity contribution >= 4 is 16.7 Å². The summed E-state index contributed by atoms with van der Waals surface area (Å²) in [5.74, 6) is 1.26. The summed E-state index contributed by atoms with van der Waals surface area (Å²) < 4.78 is 7.73. The minimum absolute atomic E-state index is 0.0677. The molecule has 5 heteroatoms. The highest BCUT2D eigenvalue weighted by Crippen LogP contribution is 2.25. The first-order valence-corrected chi connectivity index (χ1v) is 9.14. The summed E-state index contributed by atoms with van der Waals surface area (Å²) in [6.07, 6.45) is 3.59. The van der Waals surface area contributed by atoms with Crippen molar-refractivity contribution in [3.05, 3.63) is 96.6 Å². The Kier molecular flexibility index (Phi) is 5.06. The maximum Gasteiger partial charge on any atom is 0.258 e. The normalized spacial score (nSPS) is 11.9. The van der Waals surface area contributed by atoms with E-state index in [-0.39, 0.29) is 18.6 Å². The lowest BCUT2D eigenvalue weighted by Crippen LogP contribution is -2.34. The number of nitrogens with zero attached hydrogens (tertiary/aromatic N) is 2. The number of hydrogen-bond acceptors (Lipinski definition) is 3. The van der Waals surface area contributed by atoms with Gasteiger partial charge in [0, 0.05) is 24.8 Å². The summed E-state index contributed by atoms with van der Waals surface area (Å²) in [5, 5.41) is 5.11. The van der Waals surface area contributed by atoms with Crippen LogP contribution in [-0.2, 0) is 11.8 Å². The molecule has 4 rings (SSSR count). The van der Waals surface area contributed by atoms with Crippen molar-refractivity contribution < 1.29 is 9.53 Å². The highest BCUT2D eigenvalue weighted by atomic mass is 16.5. The van der Waals surface area contributed by atoms with Crippen LogP contribution in [0.15, 0.2) is 85.2 Å². The fourth-order valence-electron chi connectivity index (χ4n) is 3.27. The quantitative estimate of drug-likeness (QED) is 0.560. The molecule has 0 spiro atoms. The van der Waals surface area contributed by atoms with Gasteiger partial charge in [-0.15, -0.1) is 0 Å². The molecule has 140 valence electrons. The molecule has 3 aromatic carbocycles. The molecule has 5 nitrogen and oxygen atoms in total. The molecule has 0 fully saturated rings. The van der Waals surface area contributed by atoms with Gasteiger partial charge in [-0.2, -0.15) is 0 Å². The third-order valence-corrected chi connectivity index (χ3v) is 4.66. The predicted octanol–water partition coefficient (Wildman–Crippen LogP) is 3.86. The number of aryl methyl sites for hydroxylation is 1. The molecular weight excluding hydrogens is 350 g/mol. The highest BCUT2D eigenvalue weighted by molar-refractivity contribution is 5.88. The Balaban J connectivity index is 1.51. The van der Waals surface area contributed by atoms with E-state index in [1.807, 2.05) is 90.6 Å². The minimum atomic E-state index is -0.343. The van der Waals surface area contributed by atoms with Crippen molar-refractivity contribution in [3.8, 4) is 5.75 Å². The van der Waals surface area contributed by atoms with Crippen molar-refractivity contribution in [3.63, 3.8) is 0 Å². The summed E-state index contributed by atoms with van der Waals surface area (Å²) in [5.41, 5.74) is 0.968. The molecule has 28 heavy (non-hydrogen) atoms. The zero-order valence-electron chi connectivity index (χ0n) is 15.6. The van der Waals surface area contributed by atoms with Gasteiger partial charge in [0.25, 0.3) is 5.91 Å². The SMILES string of the molecule is Cn1ccnc1[C@@H](NC(=O)COc1cccc2ccccc12)c1ccccc1. The van der Waals surface area contributed by atoms with Gasteiger partial charge in [0.1, 0.15) is 17.6 Å². The van der Waals surface area contributed by atoms with E-state index in [1.165, 1.54) is 0 Å². The van der Waals surface area contributed by atoms with Gasteiger partial charge in [0.2, 0.25) is 0 Å². The maximum atomic E-state index is 12.7. The fraction of sp³-hybridized carbons (Fsp3) is 0.130. The second-order valence-electron chi connectivity index (χ2n) is 6.57. The van der Waals surface area contributed by atoms with Crippen LogP contribution in [0.5, 0.6) is 5.75 Å². The van der Waals surface area contributed by atoms with E-state index in [0.717, 1.165) is 22.2 Å². The Morgan fingerprint density at radius 3 is 2.57 bits per heavy atom. The number of aromatic nitrogens is 2. The van der Waals surface area contributed by atoms with Crippen LogP contribution in [0.3, 0.4) is 0 Å². The number of fused-ring (bicyclic) bond motifs is 1. The van der Waals surface area contributed by atoms with E-state index in [1.54, 1.807) is 6.20 Å². The third kappa shape index (κ3) is 3.74. The fourth-order valence-corrected chi connectivity index (χ4v) is 3.27. The van der Waals surface area contributed by atoms with Crippen LogP contribution in [0.2, 0.25) is 0 Å². The van der Waals surface area contributed by atoms with E-state index < -0.39 is 0 Å². The van der Waals surface area contributed by atoms with Crippen LogP contribution in [0.1, 0.15) is 17.4 Å². The Labute approximate surface area is 163 Å². The lowest BCUT2D eigenvalue weighted by Gasteiger charge is -2.19. The van der Waals surface area contributed by atoms with Crippen molar-refractivity contribution in [2.75, 3.05) is 6.61 Å². The van der Waals surface area contributed by atoms with Crippen LogP contribution in [-0.4, -0.2) is 22.1 Å². The molecule has 1 atom stereocenters. The summed E-state index contributed by atoms with van der Waals surface area (Å²) in [7, 11) is 1.91. The standard InChI is InChI=1S/C23H21N3O2/c1-26-15-14-24-23(26)22(18-9-3-2-4-10-18)25-21(27)16-28-20-13-7-11-17-8-5-6-12-19(17)20/h2-15,22H,16H2,1H3,(H,25,27)/t22-/m0/s1. The second-order valence-corrected chi connectivity index (χ2v) is 6.57. The Hall–Kier alpha value is -3.60. The number of amides is 1. The third-order valence-electron chi connectivity index (χ3n) is 4.66. The van der Waals surface area contributed by atoms with E-state index in [9.17, 15) is 4.79 Å². The summed E-state index contributed by atoms with van der Waals surface area (Å²) in [6.45, 7) is -0.0677. The van der Waals surface area contributed by atoms with Gasteiger partial charge in [0.05, 0.1) is 0 Å². The summed E-state index contributed by atoms with van der Waals surface area (Å²) in [6, 6.07) is 23.2. The summed E-state index contributed by atoms with van der Waals surface area (Å²) in [4.78, 5) is 17.1. The molecule has 0 aliphatic rings. The molecule has 0 unspecified atom stereocenters. The smallest absolute Gasteiger partial charge is 0.258 e. The van der Waals surface area contributed by atoms with Gasteiger partial charge in [-0.1, -0.05) is 66.7 Å². The lowest BCUT2D eigenvalue weighted by atomic mass is 10.1. The van der Waals surface area contributed by atoms with E-state index in [4.69, 9.17) is 4.74 Å². The summed E-state index contributed by atoms with van der Waals surface area (Å²) >= 11 is 0. The molecule has 1 aromatic heterocycles. The molecule has 0 aliphatic heterocycles. The van der Waals surface area contributed by atoms with Crippen molar-refractivity contribution in [1.29, 1.82) is 0 Å². The number of nitrogens with one attached hydrogen (secondary N) is 1. The number of rotatable bonds is 6. The average Bonchev–Trinajstić information content (AvgIpc) is 3.16. The molecule has 0 saturated carbocycles. The van der Waals surface area contributed by atoms with Crippen LogP contribution >= 0.6 is 0 Å². The first-order valence-electron chi connectivity index (χ1n) is 9.14. The van der Waals surface area contributed by atoms with E-state index >= 15 is 0 Å². The van der Waals surface area contributed by atoms with Crippen LogP contribution < -0.4 is 10.1 Å². The first-order chi connectivity index (χ1) is 13.7. The number of benzene rings is 3. The van der Waals surface area contributed by atoms with Crippen molar-refractivity contribution in [1.82, 2.24) is 14.9 Å². The molecule has 0 radical (unpaired) electrons. The monoisotopic (exact) mass is 371 g/mol. The molecule has 1 heterocycles. The number of ether oxygens (including phenoxy) is 1. The number of imidazole rings is 1. The molecule has 4 aromatic rings. The molecular formula is C23H21N3O2. The van der Waals surface area contributed by atoms with Gasteiger partial charge in [-0.3, -0.25) is 4.79 Å². The topological polar surface area (TPSA) is 56.2 Å². The maximum absolute atomic E-state index is 12.7. The molecule has 0 saturated heterocycles. The highest BCUT2D eigenvalue weighted by Gasteiger charge is 2.20. The van der Waals surface area contributed by atoms with Crippen molar-refractivity contribution in [2.45, 2.75) is 6.04 Å². The van der Waals surface area contributed by atoms with Gasteiger partial charge >= 0.3 is 0 Å². The zero-order chi connectivity index (χ0) is 19.3. The number of carbonyl (C=O) groups is 1. The second kappa shape index (κ2) is 7.96. The van der Waals surface area contributed by atoms with Crippen LogP contribution in [0.4, 0.5) is 0 Å². The molecule has 0 aliphatic carbocycles. The van der Waals surface area contributed by atoms with Gasteiger partial charge in [-0.05, 0) is 17.0 Å². The molecule has 1 N–H and O–H groups in total. The first kappa shape index (κ1) is 17.8. The molecule has 1 amide bonds. The largest absolute Gasteiger partial charge is 0.483 e. The Morgan fingerprint density at radius 2 is 1.79 bits per heavy atom. The molecule has 0 bridgehead atoms. The number of hydrogen-bond donors (Lipinski definition) is 1. The Bertz CT molecular complexity index is 1080. The van der Waals surface area contributed by atoms with Crippen molar-refractivity contribution in [2.24, 2.45) is 7.05 Å². The minimum Gasteiger partial charge on any atom is -0.483 e. The lowest BCUT2D eigenvalue weighted by molar-refractivity contribution is -0.123. The van der Waals surface area contributed by atoms with Gasteiger partial charge in [0.15, 0.2) is 6.61 Å².